The number of hydrazine groups is 1. The number of rotatable bonds is 9. The van der Waals surface area contributed by atoms with Crippen LogP contribution in [0.5, 0.6) is 0 Å². The second-order valence-electron chi connectivity index (χ2n) is 4.64. The Morgan fingerprint density at radius 1 is 1.33 bits per heavy atom. The predicted octanol–water partition coefficient (Wildman–Crippen LogP) is 1.98. The van der Waals surface area contributed by atoms with Crippen LogP contribution >= 0.6 is 0 Å². The van der Waals surface area contributed by atoms with E-state index in [2.05, 4.69) is 43.1 Å². The minimum absolute atomic E-state index is 0.445. The first-order valence-electron chi connectivity index (χ1n) is 5.82. The first kappa shape index (κ1) is 14.5. The summed E-state index contributed by atoms with van der Waals surface area (Å²) in [6.07, 6.45) is 4.19. The lowest BCUT2D eigenvalue weighted by Crippen LogP contribution is -2.41. The van der Waals surface area contributed by atoms with Crippen LogP contribution in [0.3, 0.4) is 0 Å². The monoisotopic (exact) mass is 213 g/mol. The molecule has 0 fully saturated rings. The Hall–Kier alpha value is -0.540. The number of hydrogen-bond acceptors (Lipinski definition) is 3. The molecule has 0 radical (unpaired) electrons. The van der Waals surface area contributed by atoms with E-state index in [0.717, 1.165) is 19.6 Å². The van der Waals surface area contributed by atoms with Gasteiger partial charge in [0.05, 0.1) is 0 Å². The van der Waals surface area contributed by atoms with Crippen LogP contribution in [-0.4, -0.2) is 31.7 Å². The van der Waals surface area contributed by atoms with E-state index >= 15 is 0 Å². The molecule has 0 saturated heterocycles. The van der Waals surface area contributed by atoms with Crippen molar-refractivity contribution in [2.45, 2.75) is 33.6 Å². The average Bonchev–Trinajstić information content (AvgIpc) is 2.23. The van der Waals surface area contributed by atoms with Crippen LogP contribution in [0.2, 0.25) is 0 Å². The molecule has 90 valence electrons. The summed E-state index contributed by atoms with van der Waals surface area (Å²) in [6, 6.07) is 0. The van der Waals surface area contributed by atoms with E-state index in [-0.39, 0.29) is 0 Å². The van der Waals surface area contributed by atoms with Gasteiger partial charge in [-0.2, -0.15) is 0 Å². The van der Waals surface area contributed by atoms with Gasteiger partial charge in [-0.3, -0.25) is 5.43 Å². The highest BCUT2D eigenvalue weighted by atomic mass is 15.5. The van der Waals surface area contributed by atoms with E-state index in [0.29, 0.717) is 5.41 Å². The van der Waals surface area contributed by atoms with E-state index in [9.17, 15) is 0 Å². The largest absolute Gasteiger partial charge is 0.390 e. The molecule has 0 aromatic rings. The van der Waals surface area contributed by atoms with Crippen LogP contribution in [0, 0.1) is 5.41 Å². The zero-order chi connectivity index (χ0) is 11.7. The van der Waals surface area contributed by atoms with Gasteiger partial charge in [-0.15, -0.1) is 0 Å². The maximum absolute atomic E-state index is 3.63. The molecule has 0 aliphatic carbocycles. The fourth-order valence-electron chi connectivity index (χ4n) is 1.25. The molecule has 0 unspecified atom stereocenters. The lowest BCUT2D eigenvalue weighted by molar-refractivity contribution is 0.170. The number of nitrogens with one attached hydrogen (secondary N) is 2. The van der Waals surface area contributed by atoms with E-state index in [4.69, 9.17) is 0 Å². The van der Waals surface area contributed by atoms with Crippen molar-refractivity contribution in [3.63, 3.8) is 0 Å². The minimum atomic E-state index is 0.445. The van der Waals surface area contributed by atoms with Crippen molar-refractivity contribution in [2.75, 3.05) is 26.7 Å². The van der Waals surface area contributed by atoms with Crippen molar-refractivity contribution in [3.05, 3.63) is 12.8 Å². The summed E-state index contributed by atoms with van der Waals surface area (Å²) in [5, 5.41) is 5.35. The molecule has 0 atom stereocenters. The van der Waals surface area contributed by atoms with Gasteiger partial charge in [0.15, 0.2) is 0 Å². The highest BCUT2D eigenvalue weighted by molar-refractivity contribution is 4.69. The van der Waals surface area contributed by atoms with Gasteiger partial charge < -0.3 is 5.32 Å². The SMILES string of the molecule is C=CNCCN(CCC(C)(C)CC)NC. The van der Waals surface area contributed by atoms with E-state index < -0.39 is 0 Å². The van der Waals surface area contributed by atoms with Crippen molar-refractivity contribution in [1.82, 2.24) is 15.8 Å². The summed E-state index contributed by atoms with van der Waals surface area (Å²) in [4.78, 5) is 0. The van der Waals surface area contributed by atoms with Crippen molar-refractivity contribution >= 4 is 0 Å². The number of hydrogen-bond donors (Lipinski definition) is 2. The highest BCUT2D eigenvalue weighted by Crippen LogP contribution is 2.24. The van der Waals surface area contributed by atoms with Crippen LogP contribution in [-0.2, 0) is 0 Å². The van der Waals surface area contributed by atoms with Gasteiger partial charge >= 0.3 is 0 Å². The molecule has 15 heavy (non-hydrogen) atoms. The van der Waals surface area contributed by atoms with Gasteiger partial charge in [0.25, 0.3) is 0 Å². The molecule has 2 N–H and O–H groups in total. The van der Waals surface area contributed by atoms with Gasteiger partial charge in [-0.1, -0.05) is 33.8 Å². The molecule has 3 nitrogen and oxygen atoms in total. The Morgan fingerprint density at radius 2 is 2.00 bits per heavy atom. The molecule has 0 heterocycles. The molecular formula is C12H27N3. The predicted molar refractivity (Wildman–Crippen MR) is 67.5 cm³/mol. The maximum Gasteiger partial charge on any atom is 0.0304 e. The molecule has 0 rings (SSSR count). The van der Waals surface area contributed by atoms with E-state index in [1.54, 1.807) is 6.20 Å². The van der Waals surface area contributed by atoms with Crippen LogP contribution in [0.15, 0.2) is 12.8 Å². The second-order valence-corrected chi connectivity index (χ2v) is 4.64. The summed E-state index contributed by atoms with van der Waals surface area (Å²) in [6.45, 7) is 13.6. The molecule has 0 amide bonds. The average molecular weight is 213 g/mol. The molecule has 0 aromatic heterocycles. The van der Waals surface area contributed by atoms with Gasteiger partial charge in [0.1, 0.15) is 0 Å². The molecule has 0 spiro atoms. The quantitative estimate of drug-likeness (QED) is 0.453. The smallest absolute Gasteiger partial charge is 0.0304 e. The molecule has 0 aliphatic heterocycles. The van der Waals surface area contributed by atoms with Crippen LogP contribution in [0.4, 0.5) is 0 Å². The third-order valence-electron chi connectivity index (χ3n) is 3.00. The highest BCUT2D eigenvalue weighted by Gasteiger charge is 2.16. The molecular weight excluding hydrogens is 186 g/mol. The first-order chi connectivity index (χ1) is 7.05. The Bertz CT molecular complexity index is 166. The standard InChI is InChI=1S/C12H27N3/c1-6-12(3,4)8-10-15(13-5)11-9-14-7-2/h7,13-14H,2,6,8-11H2,1,3-5H3. The summed E-state index contributed by atoms with van der Waals surface area (Å²) in [5.74, 6) is 0. The lowest BCUT2D eigenvalue weighted by atomic mass is 9.86. The zero-order valence-electron chi connectivity index (χ0n) is 10.8. The zero-order valence-corrected chi connectivity index (χ0v) is 10.8. The molecule has 0 aliphatic rings. The summed E-state index contributed by atoms with van der Waals surface area (Å²) >= 11 is 0. The third kappa shape index (κ3) is 7.40. The van der Waals surface area contributed by atoms with E-state index in [1.807, 2.05) is 7.05 Å². The Kier molecular flexibility index (Phi) is 7.44. The van der Waals surface area contributed by atoms with E-state index in [1.165, 1.54) is 12.8 Å². The third-order valence-corrected chi connectivity index (χ3v) is 3.00. The lowest BCUT2D eigenvalue weighted by Gasteiger charge is -2.28. The van der Waals surface area contributed by atoms with Crippen LogP contribution in [0.25, 0.3) is 0 Å². The van der Waals surface area contributed by atoms with Crippen molar-refractivity contribution in [2.24, 2.45) is 5.41 Å². The van der Waals surface area contributed by atoms with Gasteiger partial charge in [-0.25, -0.2) is 5.01 Å². The Morgan fingerprint density at radius 3 is 2.47 bits per heavy atom. The topological polar surface area (TPSA) is 27.3 Å². The summed E-state index contributed by atoms with van der Waals surface area (Å²) < 4.78 is 0. The van der Waals surface area contributed by atoms with Gasteiger partial charge in [0.2, 0.25) is 0 Å². The van der Waals surface area contributed by atoms with Gasteiger partial charge in [0, 0.05) is 19.6 Å². The van der Waals surface area contributed by atoms with Gasteiger partial charge in [-0.05, 0) is 25.1 Å². The normalized spacial score (nSPS) is 11.8. The second kappa shape index (κ2) is 7.71. The van der Waals surface area contributed by atoms with Crippen molar-refractivity contribution < 1.29 is 0 Å². The Balaban J connectivity index is 3.74. The Labute approximate surface area is 94.9 Å². The fourth-order valence-corrected chi connectivity index (χ4v) is 1.25. The van der Waals surface area contributed by atoms with Crippen molar-refractivity contribution in [1.29, 1.82) is 0 Å². The number of nitrogens with zero attached hydrogens (tertiary/aromatic N) is 1. The fraction of sp³-hybridized carbons (Fsp3) is 0.833. The molecule has 0 bridgehead atoms. The van der Waals surface area contributed by atoms with Crippen molar-refractivity contribution in [3.8, 4) is 0 Å². The molecule has 0 aromatic carbocycles. The molecule has 3 heteroatoms. The van der Waals surface area contributed by atoms with Crippen LogP contribution < -0.4 is 10.7 Å². The maximum atomic E-state index is 3.63. The minimum Gasteiger partial charge on any atom is -0.390 e. The summed E-state index contributed by atoms with van der Waals surface area (Å²) in [7, 11) is 1.98. The summed E-state index contributed by atoms with van der Waals surface area (Å²) in [5.41, 5.74) is 3.66. The first-order valence-corrected chi connectivity index (χ1v) is 5.82. The van der Waals surface area contributed by atoms with Crippen LogP contribution in [0.1, 0.15) is 33.6 Å². The molecule has 0 saturated carbocycles.